The Morgan fingerprint density at radius 1 is 1.50 bits per heavy atom. The molecule has 0 aliphatic rings. The molecule has 3 nitrogen and oxygen atoms in total. The van der Waals surface area contributed by atoms with Crippen molar-refractivity contribution in [2.24, 2.45) is 0 Å². The molecule has 0 saturated carbocycles. The van der Waals surface area contributed by atoms with Crippen LogP contribution in [0.1, 0.15) is 5.56 Å². The van der Waals surface area contributed by atoms with Gasteiger partial charge in [-0.1, -0.05) is 18.7 Å². The first-order valence-corrected chi connectivity index (χ1v) is 3.44. The Morgan fingerprint density at radius 2 is 2.25 bits per heavy atom. The average Bonchev–Trinajstić information content (AvgIpc) is 2.05. The Bertz CT molecular complexity index is 307. The van der Waals surface area contributed by atoms with E-state index in [-0.39, 0.29) is 5.75 Å². The zero-order valence-corrected chi connectivity index (χ0v) is 6.45. The largest absolute Gasteiger partial charge is 0.507 e. The van der Waals surface area contributed by atoms with Crippen LogP contribution in [0, 0.1) is 0 Å². The summed E-state index contributed by atoms with van der Waals surface area (Å²) >= 11 is 0. The molecule has 0 atom stereocenters. The van der Waals surface area contributed by atoms with E-state index in [1.54, 1.807) is 12.1 Å². The first-order valence-electron chi connectivity index (χ1n) is 3.44. The molecule has 0 saturated heterocycles. The lowest BCUT2D eigenvalue weighted by molar-refractivity contribution is -0.105. The van der Waals surface area contributed by atoms with Gasteiger partial charge in [0.05, 0.1) is 5.69 Å². The molecule has 2 N–H and O–H groups in total. The number of anilines is 1. The van der Waals surface area contributed by atoms with Crippen molar-refractivity contribution < 1.29 is 9.90 Å². The van der Waals surface area contributed by atoms with Gasteiger partial charge >= 0.3 is 0 Å². The van der Waals surface area contributed by atoms with E-state index in [2.05, 4.69) is 11.9 Å². The zero-order valence-electron chi connectivity index (χ0n) is 6.45. The van der Waals surface area contributed by atoms with Gasteiger partial charge in [-0.25, -0.2) is 0 Å². The van der Waals surface area contributed by atoms with Crippen LogP contribution in [0.5, 0.6) is 5.75 Å². The molecule has 0 aliphatic heterocycles. The van der Waals surface area contributed by atoms with Gasteiger partial charge in [0.15, 0.2) is 0 Å². The van der Waals surface area contributed by atoms with Crippen LogP contribution in [0.4, 0.5) is 5.69 Å². The lowest BCUT2D eigenvalue weighted by Gasteiger charge is -2.04. The molecule has 0 spiro atoms. The summed E-state index contributed by atoms with van der Waals surface area (Å²) in [5.74, 6) is 0.108. The number of hydrogen-bond acceptors (Lipinski definition) is 2. The monoisotopic (exact) mass is 163 g/mol. The summed E-state index contributed by atoms with van der Waals surface area (Å²) in [6.07, 6.45) is 2.04. The van der Waals surface area contributed by atoms with Gasteiger partial charge in [0, 0.05) is 5.56 Å². The van der Waals surface area contributed by atoms with Gasteiger partial charge in [-0.15, -0.1) is 0 Å². The fraction of sp³-hybridized carbons (Fsp3) is 0. The maximum atomic E-state index is 10.1. The van der Waals surface area contributed by atoms with Crippen molar-refractivity contribution >= 4 is 18.2 Å². The minimum atomic E-state index is 0.108. The smallest absolute Gasteiger partial charge is 0.211 e. The summed E-state index contributed by atoms with van der Waals surface area (Å²) in [5.41, 5.74) is 1.09. The summed E-state index contributed by atoms with van der Waals surface area (Å²) < 4.78 is 0. The molecule has 1 rings (SSSR count). The molecule has 1 aromatic rings. The van der Waals surface area contributed by atoms with E-state index in [1.165, 1.54) is 12.1 Å². The third-order valence-electron chi connectivity index (χ3n) is 1.50. The summed E-state index contributed by atoms with van der Waals surface area (Å²) in [6, 6.07) is 4.87. The van der Waals surface area contributed by atoms with E-state index >= 15 is 0 Å². The van der Waals surface area contributed by atoms with E-state index in [0.717, 1.165) is 0 Å². The average molecular weight is 163 g/mol. The Labute approximate surface area is 70.3 Å². The van der Waals surface area contributed by atoms with Crippen molar-refractivity contribution in [2.75, 3.05) is 5.32 Å². The van der Waals surface area contributed by atoms with Crippen LogP contribution in [-0.4, -0.2) is 11.5 Å². The second kappa shape index (κ2) is 3.57. The number of phenols is 1. The first kappa shape index (κ1) is 8.33. The van der Waals surface area contributed by atoms with Gasteiger partial charge in [-0.05, 0) is 12.1 Å². The van der Waals surface area contributed by atoms with Crippen LogP contribution in [0.2, 0.25) is 0 Å². The quantitative estimate of drug-likeness (QED) is 0.665. The number of carbonyl (C=O) groups excluding carboxylic acids is 1. The summed E-state index contributed by atoms with van der Waals surface area (Å²) in [7, 11) is 0. The summed E-state index contributed by atoms with van der Waals surface area (Å²) in [5, 5.41) is 11.7. The van der Waals surface area contributed by atoms with Gasteiger partial charge in [-0.2, -0.15) is 0 Å². The highest BCUT2D eigenvalue weighted by Crippen LogP contribution is 2.25. The molecule has 0 unspecified atom stereocenters. The highest BCUT2D eigenvalue weighted by molar-refractivity contribution is 5.80. The molecule has 3 heteroatoms. The second-order valence-corrected chi connectivity index (χ2v) is 2.20. The van der Waals surface area contributed by atoms with Crippen molar-refractivity contribution in [1.29, 1.82) is 0 Å². The molecular formula is C9H9NO2. The van der Waals surface area contributed by atoms with Gasteiger partial charge < -0.3 is 10.4 Å². The topological polar surface area (TPSA) is 49.3 Å². The SMILES string of the molecule is C=Cc1c(O)cccc1NC=O. The Kier molecular flexibility index (Phi) is 2.48. The third kappa shape index (κ3) is 1.45. The number of nitrogens with one attached hydrogen (secondary N) is 1. The number of aromatic hydroxyl groups is 1. The van der Waals surface area contributed by atoms with Crippen LogP contribution in [-0.2, 0) is 4.79 Å². The lowest BCUT2D eigenvalue weighted by Crippen LogP contribution is -1.95. The van der Waals surface area contributed by atoms with Crippen molar-refractivity contribution in [3.63, 3.8) is 0 Å². The number of carbonyl (C=O) groups is 1. The first-order chi connectivity index (χ1) is 5.79. The number of rotatable bonds is 3. The molecule has 62 valence electrons. The molecular weight excluding hydrogens is 154 g/mol. The zero-order chi connectivity index (χ0) is 8.97. The molecule has 0 aliphatic carbocycles. The van der Waals surface area contributed by atoms with E-state index in [9.17, 15) is 9.90 Å². The molecule has 0 bridgehead atoms. The number of benzene rings is 1. The van der Waals surface area contributed by atoms with E-state index in [1.807, 2.05) is 0 Å². The van der Waals surface area contributed by atoms with Crippen LogP contribution in [0.3, 0.4) is 0 Å². The maximum absolute atomic E-state index is 10.1. The fourth-order valence-corrected chi connectivity index (χ4v) is 0.957. The van der Waals surface area contributed by atoms with Crippen molar-refractivity contribution in [1.82, 2.24) is 0 Å². The normalized spacial score (nSPS) is 9.00. The predicted octanol–water partition coefficient (Wildman–Crippen LogP) is 1.60. The lowest BCUT2D eigenvalue weighted by atomic mass is 10.1. The molecule has 1 aromatic carbocycles. The maximum Gasteiger partial charge on any atom is 0.211 e. The van der Waals surface area contributed by atoms with Gasteiger partial charge in [0.2, 0.25) is 6.41 Å². The van der Waals surface area contributed by atoms with Crippen molar-refractivity contribution in [2.45, 2.75) is 0 Å². The fourth-order valence-electron chi connectivity index (χ4n) is 0.957. The molecule has 0 fully saturated rings. The minimum Gasteiger partial charge on any atom is -0.507 e. The van der Waals surface area contributed by atoms with Gasteiger partial charge in [-0.3, -0.25) is 4.79 Å². The van der Waals surface area contributed by atoms with Crippen molar-refractivity contribution in [3.05, 3.63) is 30.3 Å². The highest BCUT2D eigenvalue weighted by atomic mass is 16.3. The van der Waals surface area contributed by atoms with Crippen LogP contribution in [0.15, 0.2) is 24.8 Å². The Balaban J connectivity index is 3.17. The van der Waals surface area contributed by atoms with Crippen LogP contribution >= 0.6 is 0 Å². The number of amides is 1. The Morgan fingerprint density at radius 3 is 2.83 bits per heavy atom. The highest BCUT2D eigenvalue weighted by Gasteiger charge is 2.01. The Hall–Kier alpha value is -1.77. The van der Waals surface area contributed by atoms with Gasteiger partial charge in [0.1, 0.15) is 5.75 Å². The third-order valence-corrected chi connectivity index (χ3v) is 1.50. The summed E-state index contributed by atoms with van der Waals surface area (Å²) in [4.78, 5) is 10.1. The van der Waals surface area contributed by atoms with E-state index in [4.69, 9.17) is 0 Å². The van der Waals surface area contributed by atoms with Crippen molar-refractivity contribution in [3.8, 4) is 5.75 Å². The van der Waals surface area contributed by atoms with Gasteiger partial charge in [0.25, 0.3) is 0 Å². The molecule has 1 amide bonds. The number of phenolic OH excluding ortho intramolecular Hbond substituents is 1. The molecule has 0 heterocycles. The second-order valence-electron chi connectivity index (χ2n) is 2.20. The predicted molar refractivity (Wildman–Crippen MR) is 47.9 cm³/mol. The summed E-state index contributed by atoms with van der Waals surface area (Å²) in [6.45, 7) is 3.52. The number of hydrogen-bond donors (Lipinski definition) is 2. The van der Waals surface area contributed by atoms with E-state index < -0.39 is 0 Å². The molecule has 0 radical (unpaired) electrons. The minimum absolute atomic E-state index is 0.108. The van der Waals surface area contributed by atoms with E-state index in [0.29, 0.717) is 17.7 Å². The molecule has 0 aromatic heterocycles. The van der Waals surface area contributed by atoms with Crippen LogP contribution in [0.25, 0.3) is 6.08 Å². The van der Waals surface area contributed by atoms with Crippen LogP contribution < -0.4 is 5.32 Å². The molecule has 12 heavy (non-hydrogen) atoms. The standard InChI is InChI=1S/C9H9NO2/c1-2-7-8(10-6-11)4-3-5-9(7)12/h2-6,12H,1H2,(H,10,11).